The van der Waals surface area contributed by atoms with Crippen LogP contribution in [0.2, 0.25) is 0 Å². The van der Waals surface area contributed by atoms with Gasteiger partial charge >= 0.3 is 6.18 Å². The summed E-state index contributed by atoms with van der Waals surface area (Å²) in [5, 5.41) is 9.92. The van der Waals surface area contributed by atoms with Crippen LogP contribution in [0.4, 0.5) is 13.2 Å². The van der Waals surface area contributed by atoms with Crippen LogP contribution in [0.25, 0.3) is 0 Å². The zero-order chi connectivity index (χ0) is 13.2. The van der Waals surface area contributed by atoms with E-state index < -0.39 is 17.8 Å². The highest BCUT2D eigenvalue weighted by atomic mass is 32.2. The summed E-state index contributed by atoms with van der Waals surface area (Å²) in [4.78, 5) is 3.70. The van der Waals surface area contributed by atoms with E-state index in [4.69, 9.17) is 0 Å². The van der Waals surface area contributed by atoms with Crippen molar-refractivity contribution in [2.45, 2.75) is 17.5 Å². The van der Waals surface area contributed by atoms with Crippen LogP contribution in [-0.2, 0) is 6.18 Å². The normalized spacial score (nSPS) is 22.8. The second-order valence-electron chi connectivity index (χ2n) is 3.89. The molecule has 2 unspecified atom stereocenters. The standard InChI is InChI=1S/C11H12F3NOS2/c12-11(13,14)8-1-2-15-5-7(8)10(16)9-6-17-3-4-18-9/h1-2,5,9-10,16H,3-4,6H2. The Labute approximate surface area is 111 Å². The van der Waals surface area contributed by atoms with Gasteiger partial charge in [0.05, 0.1) is 11.7 Å². The van der Waals surface area contributed by atoms with Gasteiger partial charge in [-0.25, -0.2) is 0 Å². The number of aliphatic hydroxyl groups excluding tert-OH is 1. The molecule has 2 heterocycles. The Morgan fingerprint density at radius 1 is 1.39 bits per heavy atom. The van der Waals surface area contributed by atoms with Crippen LogP contribution in [0, 0.1) is 0 Å². The molecule has 7 heteroatoms. The van der Waals surface area contributed by atoms with E-state index in [1.165, 1.54) is 11.8 Å². The van der Waals surface area contributed by atoms with Gasteiger partial charge in [0.25, 0.3) is 0 Å². The average molecular weight is 295 g/mol. The molecule has 1 aliphatic heterocycles. The van der Waals surface area contributed by atoms with E-state index in [1.807, 2.05) is 0 Å². The number of rotatable bonds is 2. The van der Waals surface area contributed by atoms with E-state index in [0.29, 0.717) is 5.75 Å². The molecule has 1 fully saturated rings. The van der Waals surface area contributed by atoms with Gasteiger partial charge in [0, 0.05) is 40.5 Å². The Bertz CT molecular complexity index is 408. The number of aromatic nitrogens is 1. The Morgan fingerprint density at radius 2 is 2.17 bits per heavy atom. The number of pyridine rings is 1. The maximum Gasteiger partial charge on any atom is 0.416 e. The van der Waals surface area contributed by atoms with Crippen molar-refractivity contribution in [3.05, 3.63) is 29.6 Å². The molecule has 1 N–H and O–H groups in total. The lowest BCUT2D eigenvalue weighted by atomic mass is 10.0. The van der Waals surface area contributed by atoms with Gasteiger partial charge in [-0.3, -0.25) is 4.98 Å². The molecule has 0 aromatic carbocycles. The molecule has 1 aromatic rings. The zero-order valence-corrected chi connectivity index (χ0v) is 11.0. The number of hydrogen-bond acceptors (Lipinski definition) is 4. The fourth-order valence-corrected chi connectivity index (χ4v) is 4.53. The molecule has 0 spiro atoms. The highest BCUT2D eigenvalue weighted by molar-refractivity contribution is 8.06. The first-order chi connectivity index (χ1) is 8.50. The summed E-state index contributed by atoms with van der Waals surface area (Å²) in [7, 11) is 0. The summed E-state index contributed by atoms with van der Waals surface area (Å²) in [6, 6.07) is 0.916. The van der Waals surface area contributed by atoms with Crippen LogP contribution < -0.4 is 0 Å². The summed E-state index contributed by atoms with van der Waals surface area (Å²) in [6.07, 6.45) is -3.35. The first kappa shape index (κ1) is 14.0. The maximum atomic E-state index is 12.8. The highest BCUT2D eigenvalue weighted by Crippen LogP contribution is 2.39. The first-order valence-corrected chi connectivity index (χ1v) is 7.59. The second-order valence-corrected chi connectivity index (χ2v) is 6.39. The molecule has 18 heavy (non-hydrogen) atoms. The summed E-state index contributed by atoms with van der Waals surface area (Å²) in [5.74, 6) is 2.50. The van der Waals surface area contributed by atoms with Crippen LogP contribution in [0.5, 0.6) is 0 Å². The van der Waals surface area contributed by atoms with E-state index in [1.54, 1.807) is 11.8 Å². The van der Waals surface area contributed by atoms with Gasteiger partial charge in [0.2, 0.25) is 0 Å². The molecule has 1 aromatic heterocycles. The molecule has 0 radical (unpaired) electrons. The lowest BCUT2D eigenvalue weighted by molar-refractivity contribution is -0.139. The molecule has 0 saturated carbocycles. The molecule has 0 aliphatic carbocycles. The van der Waals surface area contributed by atoms with Crippen LogP contribution in [0.3, 0.4) is 0 Å². The number of thioether (sulfide) groups is 2. The fourth-order valence-electron chi connectivity index (χ4n) is 1.79. The van der Waals surface area contributed by atoms with Crippen molar-refractivity contribution in [2.24, 2.45) is 0 Å². The lowest BCUT2D eigenvalue weighted by Crippen LogP contribution is -2.25. The van der Waals surface area contributed by atoms with Gasteiger partial charge in [-0.15, -0.1) is 0 Å². The van der Waals surface area contributed by atoms with Gasteiger partial charge in [0.1, 0.15) is 0 Å². The van der Waals surface area contributed by atoms with Crippen molar-refractivity contribution in [3.63, 3.8) is 0 Å². The minimum atomic E-state index is -4.45. The van der Waals surface area contributed by atoms with Gasteiger partial charge in [-0.05, 0) is 6.07 Å². The van der Waals surface area contributed by atoms with E-state index >= 15 is 0 Å². The molecule has 2 nitrogen and oxygen atoms in total. The van der Waals surface area contributed by atoms with E-state index in [2.05, 4.69) is 4.98 Å². The minimum Gasteiger partial charge on any atom is -0.387 e. The molecule has 1 saturated heterocycles. The molecule has 1 aliphatic rings. The van der Waals surface area contributed by atoms with Gasteiger partial charge in [0.15, 0.2) is 0 Å². The Morgan fingerprint density at radius 3 is 2.78 bits per heavy atom. The van der Waals surface area contributed by atoms with Crippen molar-refractivity contribution >= 4 is 23.5 Å². The fraction of sp³-hybridized carbons (Fsp3) is 0.545. The van der Waals surface area contributed by atoms with Crippen molar-refractivity contribution < 1.29 is 18.3 Å². The van der Waals surface area contributed by atoms with Gasteiger partial charge < -0.3 is 5.11 Å². The van der Waals surface area contributed by atoms with Crippen molar-refractivity contribution in [2.75, 3.05) is 17.3 Å². The summed E-state index contributed by atoms with van der Waals surface area (Å²) in [6.45, 7) is 0. The van der Waals surface area contributed by atoms with E-state index in [9.17, 15) is 18.3 Å². The van der Waals surface area contributed by atoms with Crippen molar-refractivity contribution in [1.29, 1.82) is 0 Å². The molecule has 0 bridgehead atoms. The number of alkyl halides is 3. The Kier molecular flexibility index (Phi) is 4.45. The number of nitrogens with zero attached hydrogens (tertiary/aromatic N) is 1. The smallest absolute Gasteiger partial charge is 0.387 e. The number of hydrogen-bond donors (Lipinski definition) is 1. The first-order valence-electron chi connectivity index (χ1n) is 5.38. The summed E-state index contributed by atoms with van der Waals surface area (Å²) >= 11 is 3.18. The van der Waals surface area contributed by atoms with Crippen molar-refractivity contribution in [3.8, 4) is 0 Å². The average Bonchev–Trinajstić information content (AvgIpc) is 2.38. The molecule has 2 atom stereocenters. The largest absolute Gasteiger partial charge is 0.416 e. The predicted octanol–water partition coefficient (Wildman–Crippen LogP) is 2.98. The Balaban J connectivity index is 2.26. The quantitative estimate of drug-likeness (QED) is 0.909. The third-order valence-electron chi connectivity index (χ3n) is 2.67. The second kappa shape index (κ2) is 5.71. The molecular formula is C11H12F3NOS2. The van der Waals surface area contributed by atoms with Crippen LogP contribution >= 0.6 is 23.5 Å². The lowest BCUT2D eigenvalue weighted by Gasteiger charge is -2.27. The van der Waals surface area contributed by atoms with Crippen LogP contribution in [0.15, 0.2) is 18.5 Å². The monoisotopic (exact) mass is 295 g/mol. The minimum absolute atomic E-state index is 0.120. The van der Waals surface area contributed by atoms with Gasteiger partial charge in [-0.1, -0.05) is 0 Å². The third-order valence-corrected chi connectivity index (χ3v) is 5.52. The van der Waals surface area contributed by atoms with E-state index in [0.717, 1.165) is 30.0 Å². The Hall–Kier alpha value is -0.400. The van der Waals surface area contributed by atoms with Gasteiger partial charge in [-0.2, -0.15) is 36.7 Å². The topological polar surface area (TPSA) is 33.1 Å². The SMILES string of the molecule is OC(c1cnccc1C(F)(F)F)C1CSCCS1. The zero-order valence-electron chi connectivity index (χ0n) is 9.35. The summed E-state index contributed by atoms with van der Waals surface area (Å²) < 4.78 is 38.5. The number of aliphatic hydroxyl groups is 1. The summed E-state index contributed by atoms with van der Waals surface area (Å²) in [5.41, 5.74) is -0.911. The number of halogens is 3. The van der Waals surface area contributed by atoms with Crippen LogP contribution in [-0.4, -0.2) is 32.6 Å². The maximum absolute atomic E-state index is 12.8. The van der Waals surface area contributed by atoms with Crippen LogP contribution in [0.1, 0.15) is 17.2 Å². The predicted molar refractivity (Wildman–Crippen MR) is 67.8 cm³/mol. The molecule has 0 amide bonds. The molecule has 100 valence electrons. The molecule has 2 rings (SSSR count). The van der Waals surface area contributed by atoms with E-state index in [-0.39, 0.29) is 10.8 Å². The molecular weight excluding hydrogens is 283 g/mol. The highest BCUT2D eigenvalue weighted by Gasteiger charge is 2.37. The van der Waals surface area contributed by atoms with Crippen molar-refractivity contribution in [1.82, 2.24) is 4.98 Å². The third kappa shape index (κ3) is 3.13.